The van der Waals surface area contributed by atoms with Crippen LogP contribution in [0.1, 0.15) is 11.1 Å². The van der Waals surface area contributed by atoms with Crippen LogP contribution in [0.4, 0.5) is 13.2 Å². The molecule has 0 fully saturated rings. The summed E-state index contributed by atoms with van der Waals surface area (Å²) >= 11 is 0. The fraction of sp³-hybridized carbons (Fsp3) is 0.0667. The lowest BCUT2D eigenvalue weighted by molar-refractivity contribution is -0.137. The molecule has 5 heteroatoms. The summed E-state index contributed by atoms with van der Waals surface area (Å²) in [6.07, 6.45) is -3.01. The second kappa shape index (κ2) is 5.57. The van der Waals surface area contributed by atoms with Crippen molar-refractivity contribution in [2.75, 3.05) is 0 Å². The fourth-order valence-corrected chi connectivity index (χ4v) is 1.69. The van der Waals surface area contributed by atoms with E-state index in [1.807, 2.05) is 0 Å². The van der Waals surface area contributed by atoms with Gasteiger partial charge >= 0.3 is 6.18 Å². The van der Waals surface area contributed by atoms with Gasteiger partial charge in [0.05, 0.1) is 11.3 Å². The standard InChI is InChI=1S/C15H8F3NO/c16-15(17,18)13-9-11(5-4-8-20)10-19-14(13)12-6-2-1-3-7-12/h1-3,6-10H. The number of hydrogen-bond acceptors (Lipinski definition) is 2. The number of halogens is 3. The second-order valence-electron chi connectivity index (χ2n) is 3.87. The van der Waals surface area contributed by atoms with Crippen molar-refractivity contribution >= 4 is 6.29 Å². The molecule has 2 nitrogen and oxygen atoms in total. The Bertz CT molecular complexity index is 682. The molecule has 1 heterocycles. The van der Waals surface area contributed by atoms with E-state index in [2.05, 4.69) is 16.8 Å². The Morgan fingerprint density at radius 3 is 2.45 bits per heavy atom. The van der Waals surface area contributed by atoms with Gasteiger partial charge in [-0.3, -0.25) is 9.78 Å². The number of aldehydes is 1. The molecule has 0 unspecified atom stereocenters. The van der Waals surface area contributed by atoms with E-state index >= 15 is 0 Å². The maximum absolute atomic E-state index is 13.1. The van der Waals surface area contributed by atoms with Gasteiger partial charge in [0.25, 0.3) is 0 Å². The Labute approximate surface area is 113 Å². The molecule has 0 radical (unpaired) electrons. The van der Waals surface area contributed by atoms with Crippen molar-refractivity contribution in [3.05, 3.63) is 53.7 Å². The first kappa shape index (κ1) is 13.8. The second-order valence-corrected chi connectivity index (χ2v) is 3.87. The summed E-state index contributed by atoms with van der Waals surface area (Å²) in [4.78, 5) is 14.0. The molecule has 100 valence electrons. The van der Waals surface area contributed by atoms with Gasteiger partial charge < -0.3 is 0 Å². The van der Waals surface area contributed by atoms with E-state index in [0.717, 1.165) is 6.07 Å². The molecule has 2 aromatic rings. The normalized spacial score (nSPS) is 10.6. The topological polar surface area (TPSA) is 30.0 Å². The molecule has 0 aliphatic carbocycles. The van der Waals surface area contributed by atoms with Crippen molar-refractivity contribution in [1.82, 2.24) is 4.98 Å². The summed E-state index contributed by atoms with van der Waals surface area (Å²) in [7, 11) is 0. The molecule has 2 rings (SSSR count). The third-order valence-corrected chi connectivity index (χ3v) is 2.52. The highest BCUT2D eigenvalue weighted by Crippen LogP contribution is 2.36. The van der Waals surface area contributed by atoms with Crippen LogP contribution in [0.5, 0.6) is 0 Å². The number of benzene rings is 1. The van der Waals surface area contributed by atoms with Crippen molar-refractivity contribution in [2.45, 2.75) is 6.18 Å². The zero-order valence-corrected chi connectivity index (χ0v) is 10.1. The van der Waals surface area contributed by atoms with Gasteiger partial charge in [0.1, 0.15) is 0 Å². The molecule has 0 aliphatic rings. The highest BCUT2D eigenvalue weighted by Gasteiger charge is 2.34. The molecule has 0 amide bonds. The molecule has 0 bridgehead atoms. The van der Waals surface area contributed by atoms with Gasteiger partial charge in [-0.05, 0) is 12.0 Å². The van der Waals surface area contributed by atoms with Gasteiger partial charge in [-0.15, -0.1) is 0 Å². The van der Waals surface area contributed by atoms with Crippen molar-refractivity contribution in [3.8, 4) is 23.1 Å². The van der Waals surface area contributed by atoms with E-state index in [9.17, 15) is 18.0 Å². The Morgan fingerprint density at radius 2 is 1.85 bits per heavy atom. The number of pyridine rings is 1. The van der Waals surface area contributed by atoms with Gasteiger partial charge in [0.15, 0.2) is 6.29 Å². The average molecular weight is 275 g/mol. The maximum atomic E-state index is 13.1. The number of nitrogens with zero attached hydrogens (tertiary/aromatic N) is 1. The van der Waals surface area contributed by atoms with E-state index in [1.54, 1.807) is 30.3 Å². The lowest BCUT2D eigenvalue weighted by atomic mass is 10.0. The Kier molecular flexibility index (Phi) is 3.85. The first-order valence-corrected chi connectivity index (χ1v) is 5.60. The quantitative estimate of drug-likeness (QED) is 0.590. The van der Waals surface area contributed by atoms with E-state index in [0.29, 0.717) is 11.8 Å². The van der Waals surface area contributed by atoms with Crippen molar-refractivity contribution in [3.63, 3.8) is 0 Å². The number of aromatic nitrogens is 1. The molecule has 0 aliphatic heterocycles. The van der Waals surface area contributed by atoms with Crippen LogP contribution in [0.2, 0.25) is 0 Å². The van der Waals surface area contributed by atoms with Gasteiger partial charge in [-0.2, -0.15) is 13.2 Å². The predicted octanol–water partition coefficient (Wildman–Crippen LogP) is 3.32. The highest BCUT2D eigenvalue weighted by atomic mass is 19.4. The number of carbonyl (C=O) groups is 1. The summed E-state index contributed by atoms with van der Waals surface area (Å²) in [6.45, 7) is 0. The van der Waals surface area contributed by atoms with Crippen LogP contribution in [0.3, 0.4) is 0 Å². The van der Waals surface area contributed by atoms with Crippen LogP contribution < -0.4 is 0 Å². The molecule has 0 atom stereocenters. The Hall–Kier alpha value is -2.61. The number of alkyl halides is 3. The lowest BCUT2D eigenvalue weighted by Gasteiger charge is -2.12. The summed E-state index contributed by atoms with van der Waals surface area (Å²) in [5.74, 6) is 4.37. The SMILES string of the molecule is O=CC#Cc1cnc(-c2ccccc2)c(C(F)(F)F)c1. The highest BCUT2D eigenvalue weighted by molar-refractivity contribution is 5.74. The largest absolute Gasteiger partial charge is 0.418 e. The van der Waals surface area contributed by atoms with Crippen molar-refractivity contribution < 1.29 is 18.0 Å². The minimum atomic E-state index is -4.54. The fourth-order valence-electron chi connectivity index (χ4n) is 1.69. The number of carbonyl (C=O) groups excluding carboxylic acids is 1. The third-order valence-electron chi connectivity index (χ3n) is 2.52. The van der Waals surface area contributed by atoms with Crippen LogP contribution in [0.15, 0.2) is 42.6 Å². The third kappa shape index (κ3) is 3.04. The van der Waals surface area contributed by atoms with Crippen molar-refractivity contribution in [1.29, 1.82) is 0 Å². The molecule has 1 aromatic heterocycles. The van der Waals surface area contributed by atoms with Gasteiger partial charge in [0.2, 0.25) is 0 Å². The van der Waals surface area contributed by atoms with Crippen LogP contribution in [-0.2, 0) is 11.0 Å². The van der Waals surface area contributed by atoms with E-state index in [4.69, 9.17) is 0 Å². The number of rotatable bonds is 1. The number of hydrogen-bond donors (Lipinski definition) is 0. The molecule has 0 spiro atoms. The summed E-state index contributed by atoms with van der Waals surface area (Å²) < 4.78 is 39.2. The smallest absolute Gasteiger partial charge is 0.289 e. The summed E-state index contributed by atoms with van der Waals surface area (Å²) in [5.41, 5.74) is -0.616. The van der Waals surface area contributed by atoms with Crippen LogP contribution >= 0.6 is 0 Å². The summed E-state index contributed by atoms with van der Waals surface area (Å²) in [6, 6.07) is 8.98. The van der Waals surface area contributed by atoms with Gasteiger partial charge in [0, 0.05) is 17.3 Å². The van der Waals surface area contributed by atoms with E-state index in [1.165, 1.54) is 6.20 Å². The Balaban J connectivity index is 2.61. The van der Waals surface area contributed by atoms with Crippen LogP contribution in [0, 0.1) is 11.8 Å². The monoisotopic (exact) mass is 275 g/mol. The minimum Gasteiger partial charge on any atom is -0.289 e. The molecule has 0 saturated heterocycles. The molecule has 0 saturated carbocycles. The maximum Gasteiger partial charge on any atom is 0.418 e. The zero-order chi connectivity index (χ0) is 14.6. The first-order valence-electron chi connectivity index (χ1n) is 5.60. The lowest BCUT2D eigenvalue weighted by Crippen LogP contribution is -2.09. The predicted molar refractivity (Wildman–Crippen MR) is 67.6 cm³/mol. The first-order chi connectivity index (χ1) is 9.52. The van der Waals surface area contributed by atoms with E-state index < -0.39 is 11.7 Å². The average Bonchev–Trinajstić information content (AvgIpc) is 2.45. The van der Waals surface area contributed by atoms with E-state index in [-0.39, 0.29) is 11.3 Å². The molecule has 0 N–H and O–H groups in total. The molecule has 20 heavy (non-hydrogen) atoms. The van der Waals surface area contributed by atoms with Gasteiger partial charge in [-0.1, -0.05) is 36.3 Å². The zero-order valence-electron chi connectivity index (χ0n) is 10.1. The van der Waals surface area contributed by atoms with Gasteiger partial charge in [-0.25, -0.2) is 0 Å². The van der Waals surface area contributed by atoms with Crippen LogP contribution in [0.25, 0.3) is 11.3 Å². The molecular weight excluding hydrogens is 267 g/mol. The minimum absolute atomic E-state index is 0.0455. The summed E-state index contributed by atoms with van der Waals surface area (Å²) in [5, 5.41) is 0. The van der Waals surface area contributed by atoms with Crippen molar-refractivity contribution in [2.24, 2.45) is 0 Å². The molecule has 1 aromatic carbocycles. The Morgan fingerprint density at radius 1 is 1.15 bits per heavy atom. The molecular formula is C15H8F3NO. The van der Waals surface area contributed by atoms with Crippen LogP contribution in [-0.4, -0.2) is 11.3 Å².